The van der Waals surface area contributed by atoms with Crippen molar-refractivity contribution in [1.29, 1.82) is 0 Å². The van der Waals surface area contributed by atoms with Gasteiger partial charge in [0.2, 0.25) is 0 Å². The highest BCUT2D eigenvalue weighted by Crippen LogP contribution is 2.32. The SMILES string of the molecule is NC1CCCC1c1nnc2ccc(Br)cn12. The Bertz CT molecular complexity index is 522. The molecule has 1 fully saturated rings. The molecule has 0 aromatic carbocycles. The lowest BCUT2D eigenvalue weighted by molar-refractivity contribution is 0.575. The molecule has 0 bridgehead atoms. The summed E-state index contributed by atoms with van der Waals surface area (Å²) in [5.41, 5.74) is 6.99. The Balaban J connectivity index is 2.12. The lowest BCUT2D eigenvalue weighted by Crippen LogP contribution is -2.24. The first-order valence-electron chi connectivity index (χ1n) is 5.51. The van der Waals surface area contributed by atoms with E-state index in [1.807, 2.05) is 22.7 Å². The second-order valence-electron chi connectivity index (χ2n) is 4.33. The zero-order chi connectivity index (χ0) is 11.1. The predicted molar refractivity (Wildman–Crippen MR) is 65.3 cm³/mol. The molecule has 2 unspecified atom stereocenters. The lowest BCUT2D eigenvalue weighted by Gasteiger charge is -2.12. The number of nitrogens with two attached hydrogens (primary N) is 1. The molecule has 0 radical (unpaired) electrons. The topological polar surface area (TPSA) is 56.2 Å². The quantitative estimate of drug-likeness (QED) is 0.870. The third kappa shape index (κ3) is 1.55. The number of halogens is 1. The van der Waals surface area contributed by atoms with Gasteiger partial charge in [0.25, 0.3) is 0 Å². The van der Waals surface area contributed by atoms with Gasteiger partial charge in [0.05, 0.1) is 0 Å². The van der Waals surface area contributed by atoms with E-state index in [0.717, 1.165) is 28.8 Å². The Morgan fingerprint density at radius 3 is 2.94 bits per heavy atom. The molecule has 0 saturated heterocycles. The van der Waals surface area contributed by atoms with Crippen molar-refractivity contribution < 1.29 is 0 Å². The third-order valence-electron chi connectivity index (χ3n) is 3.29. The Labute approximate surface area is 102 Å². The maximum atomic E-state index is 6.11. The summed E-state index contributed by atoms with van der Waals surface area (Å²) in [6.45, 7) is 0. The van der Waals surface area contributed by atoms with Crippen LogP contribution in [0.25, 0.3) is 5.65 Å². The number of hydrogen-bond acceptors (Lipinski definition) is 3. The van der Waals surface area contributed by atoms with Crippen LogP contribution in [0.1, 0.15) is 31.0 Å². The predicted octanol–water partition coefficient (Wildman–Crippen LogP) is 2.09. The number of pyridine rings is 1. The van der Waals surface area contributed by atoms with E-state index in [0.29, 0.717) is 5.92 Å². The van der Waals surface area contributed by atoms with Crippen LogP contribution in [0.4, 0.5) is 0 Å². The third-order valence-corrected chi connectivity index (χ3v) is 3.76. The van der Waals surface area contributed by atoms with E-state index in [1.54, 1.807) is 0 Å². The second-order valence-corrected chi connectivity index (χ2v) is 5.25. The Morgan fingerprint density at radius 1 is 1.31 bits per heavy atom. The molecule has 16 heavy (non-hydrogen) atoms. The molecule has 1 aliphatic carbocycles. The van der Waals surface area contributed by atoms with Crippen molar-refractivity contribution in [1.82, 2.24) is 14.6 Å². The Morgan fingerprint density at radius 2 is 2.19 bits per heavy atom. The molecule has 2 N–H and O–H groups in total. The summed E-state index contributed by atoms with van der Waals surface area (Å²) in [4.78, 5) is 0. The van der Waals surface area contributed by atoms with Crippen LogP contribution in [-0.2, 0) is 0 Å². The minimum absolute atomic E-state index is 0.228. The summed E-state index contributed by atoms with van der Waals surface area (Å²) >= 11 is 3.47. The van der Waals surface area contributed by atoms with Crippen LogP contribution < -0.4 is 5.73 Å². The standard InChI is InChI=1S/C11H13BrN4/c12-7-4-5-10-14-15-11(16(10)6-7)8-2-1-3-9(8)13/h4-6,8-9H,1-3,13H2. The molecule has 1 saturated carbocycles. The van der Waals surface area contributed by atoms with E-state index < -0.39 is 0 Å². The van der Waals surface area contributed by atoms with Crippen molar-refractivity contribution in [2.75, 3.05) is 0 Å². The Hall–Kier alpha value is -0.940. The molecular formula is C11H13BrN4. The molecule has 3 rings (SSSR count). The maximum Gasteiger partial charge on any atom is 0.160 e. The second kappa shape index (κ2) is 3.82. The van der Waals surface area contributed by atoms with Gasteiger partial charge >= 0.3 is 0 Å². The van der Waals surface area contributed by atoms with E-state index in [9.17, 15) is 0 Å². The summed E-state index contributed by atoms with van der Waals surface area (Å²) in [5, 5.41) is 8.46. The first-order valence-corrected chi connectivity index (χ1v) is 6.31. The smallest absolute Gasteiger partial charge is 0.160 e. The van der Waals surface area contributed by atoms with Gasteiger partial charge in [-0.25, -0.2) is 0 Å². The first-order chi connectivity index (χ1) is 7.75. The highest BCUT2D eigenvalue weighted by atomic mass is 79.9. The number of nitrogens with zero attached hydrogens (tertiary/aromatic N) is 3. The zero-order valence-electron chi connectivity index (χ0n) is 8.81. The Kier molecular flexibility index (Phi) is 2.44. The van der Waals surface area contributed by atoms with E-state index in [1.165, 1.54) is 6.42 Å². The van der Waals surface area contributed by atoms with Crippen LogP contribution in [0.3, 0.4) is 0 Å². The highest BCUT2D eigenvalue weighted by molar-refractivity contribution is 9.10. The van der Waals surface area contributed by atoms with Crippen LogP contribution in [0.2, 0.25) is 0 Å². The molecule has 5 heteroatoms. The summed E-state index contributed by atoms with van der Waals surface area (Å²) < 4.78 is 3.08. The minimum atomic E-state index is 0.228. The molecule has 0 amide bonds. The molecule has 0 aliphatic heterocycles. The molecular weight excluding hydrogens is 268 g/mol. The summed E-state index contributed by atoms with van der Waals surface area (Å²) in [6.07, 6.45) is 5.41. The van der Waals surface area contributed by atoms with Crippen LogP contribution in [0, 0.1) is 0 Å². The van der Waals surface area contributed by atoms with Gasteiger partial charge in [-0.1, -0.05) is 6.42 Å². The normalized spacial score (nSPS) is 25.4. The van der Waals surface area contributed by atoms with E-state index in [-0.39, 0.29) is 6.04 Å². The first kappa shape index (κ1) is 10.2. The van der Waals surface area contributed by atoms with Crippen molar-refractivity contribution in [2.24, 2.45) is 5.73 Å². The average molecular weight is 281 g/mol. The summed E-state index contributed by atoms with van der Waals surface area (Å²) in [5.74, 6) is 1.35. The van der Waals surface area contributed by atoms with E-state index in [2.05, 4.69) is 26.1 Å². The van der Waals surface area contributed by atoms with Gasteiger partial charge in [-0.05, 0) is 40.9 Å². The maximum absolute atomic E-state index is 6.11. The fourth-order valence-corrected chi connectivity index (χ4v) is 2.78. The lowest BCUT2D eigenvalue weighted by atomic mass is 10.0. The van der Waals surface area contributed by atoms with Crippen LogP contribution >= 0.6 is 15.9 Å². The van der Waals surface area contributed by atoms with Crippen molar-refractivity contribution in [2.45, 2.75) is 31.2 Å². The molecule has 2 aromatic heterocycles. The van der Waals surface area contributed by atoms with E-state index in [4.69, 9.17) is 5.73 Å². The molecule has 2 aromatic rings. The van der Waals surface area contributed by atoms with Gasteiger partial charge in [0.15, 0.2) is 5.65 Å². The fraction of sp³-hybridized carbons (Fsp3) is 0.455. The largest absolute Gasteiger partial charge is 0.327 e. The van der Waals surface area contributed by atoms with Gasteiger partial charge in [-0.15, -0.1) is 10.2 Å². The van der Waals surface area contributed by atoms with Crippen LogP contribution in [-0.4, -0.2) is 20.6 Å². The van der Waals surface area contributed by atoms with Crippen molar-refractivity contribution in [3.8, 4) is 0 Å². The summed E-state index contributed by atoms with van der Waals surface area (Å²) in [6, 6.07) is 4.16. The number of rotatable bonds is 1. The van der Waals surface area contributed by atoms with Crippen molar-refractivity contribution >= 4 is 21.6 Å². The van der Waals surface area contributed by atoms with Gasteiger partial charge < -0.3 is 5.73 Å². The fourth-order valence-electron chi connectivity index (χ4n) is 2.44. The number of fused-ring (bicyclic) bond motifs is 1. The summed E-state index contributed by atoms with van der Waals surface area (Å²) in [7, 11) is 0. The average Bonchev–Trinajstić information content (AvgIpc) is 2.83. The zero-order valence-corrected chi connectivity index (χ0v) is 10.4. The van der Waals surface area contributed by atoms with Gasteiger partial charge in [0.1, 0.15) is 5.82 Å². The minimum Gasteiger partial charge on any atom is -0.327 e. The van der Waals surface area contributed by atoms with Crippen LogP contribution in [0.5, 0.6) is 0 Å². The molecule has 1 aliphatic rings. The number of aromatic nitrogens is 3. The molecule has 2 atom stereocenters. The van der Waals surface area contributed by atoms with E-state index >= 15 is 0 Å². The van der Waals surface area contributed by atoms with Crippen LogP contribution in [0.15, 0.2) is 22.8 Å². The van der Waals surface area contributed by atoms with Gasteiger partial charge in [0, 0.05) is 22.6 Å². The van der Waals surface area contributed by atoms with Gasteiger partial charge in [-0.2, -0.15) is 0 Å². The van der Waals surface area contributed by atoms with Crippen molar-refractivity contribution in [3.05, 3.63) is 28.6 Å². The highest BCUT2D eigenvalue weighted by Gasteiger charge is 2.29. The molecule has 0 spiro atoms. The molecule has 4 nitrogen and oxygen atoms in total. The monoisotopic (exact) mass is 280 g/mol. The van der Waals surface area contributed by atoms with Crippen molar-refractivity contribution in [3.63, 3.8) is 0 Å². The van der Waals surface area contributed by atoms with Gasteiger partial charge in [-0.3, -0.25) is 4.40 Å². The molecule has 2 heterocycles. The number of hydrogen-bond donors (Lipinski definition) is 1. The molecule has 84 valence electrons.